The first-order valence-electron chi connectivity index (χ1n) is 6.18. The molecule has 0 aromatic heterocycles. The SMILES string of the molecule is CCCNC(N[SiH3])(NCCC)NCCC. The van der Waals surface area contributed by atoms with Crippen LogP contribution in [-0.2, 0) is 0 Å². The smallest absolute Gasteiger partial charge is 0.174 e. The highest BCUT2D eigenvalue weighted by atomic mass is 28.2. The lowest BCUT2D eigenvalue weighted by Crippen LogP contribution is -2.74. The van der Waals surface area contributed by atoms with Gasteiger partial charge in [-0.3, -0.25) is 16.0 Å². The Hall–Kier alpha value is 0.0569. The fraction of sp³-hybridized carbons (Fsp3) is 1.00. The van der Waals surface area contributed by atoms with Crippen molar-refractivity contribution in [2.45, 2.75) is 45.9 Å². The van der Waals surface area contributed by atoms with Crippen molar-refractivity contribution < 1.29 is 0 Å². The van der Waals surface area contributed by atoms with E-state index in [0.29, 0.717) is 0 Å². The highest BCUT2D eigenvalue weighted by Gasteiger charge is 2.24. The summed E-state index contributed by atoms with van der Waals surface area (Å²) in [7, 11) is 0.959. The third-order valence-corrected chi connectivity index (χ3v) is 3.05. The van der Waals surface area contributed by atoms with Crippen LogP contribution in [0.2, 0.25) is 0 Å². The second-order valence-electron chi connectivity index (χ2n) is 3.78. The minimum Gasteiger partial charge on any atom is -0.304 e. The molecule has 0 bridgehead atoms. The predicted molar refractivity (Wildman–Crippen MR) is 70.7 cm³/mol. The Morgan fingerprint density at radius 2 is 1.13 bits per heavy atom. The van der Waals surface area contributed by atoms with Gasteiger partial charge in [-0.2, -0.15) is 0 Å². The van der Waals surface area contributed by atoms with Gasteiger partial charge in [-0.1, -0.05) is 20.8 Å². The molecule has 0 amide bonds. The maximum Gasteiger partial charge on any atom is 0.174 e. The molecular formula is C10H28N4Si. The van der Waals surface area contributed by atoms with Crippen LogP contribution in [0.25, 0.3) is 0 Å². The number of rotatable bonds is 10. The van der Waals surface area contributed by atoms with Crippen molar-refractivity contribution in [1.82, 2.24) is 20.9 Å². The van der Waals surface area contributed by atoms with Gasteiger partial charge < -0.3 is 4.98 Å². The van der Waals surface area contributed by atoms with E-state index in [1.165, 1.54) is 0 Å². The normalized spacial score (nSPS) is 12.2. The molecule has 0 rings (SSSR count). The van der Waals surface area contributed by atoms with Gasteiger partial charge in [-0.05, 0) is 38.9 Å². The molecule has 4 N–H and O–H groups in total. The maximum absolute atomic E-state index is 3.50. The Kier molecular flexibility index (Phi) is 9.33. The molecule has 0 aliphatic carbocycles. The molecule has 15 heavy (non-hydrogen) atoms. The average Bonchev–Trinajstić information content (AvgIpc) is 2.29. The zero-order valence-electron chi connectivity index (χ0n) is 10.7. The quantitative estimate of drug-likeness (QED) is 0.302. The van der Waals surface area contributed by atoms with E-state index in [4.69, 9.17) is 0 Å². The third-order valence-electron chi connectivity index (χ3n) is 2.30. The summed E-state index contributed by atoms with van der Waals surface area (Å²) in [5.41, 5.74) is 0. The van der Waals surface area contributed by atoms with Crippen LogP contribution in [-0.4, -0.2) is 35.9 Å². The second-order valence-corrected chi connectivity index (χ2v) is 4.28. The number of nitrogens with one attached hydrogen (secondary N) is 4. The van der Waals surface area contributed by atoms with Crippen LogP contribution in [0.1, 0.15) is 40.0 Å². The van der Waals surface area contributed by atoms with Crippen molar-refractivity contribution in [1.29, 1.82) is 0 Å². The Bertz CT molecular complexity index is 122. The van der Waals surface area contributed by atoms with E-state index in [9.17, 15) is 0 Å². The fourth-order valence-electron chi connectivity index (χ4n) is 1.39. The Morgan fingerprint density at radius 1 is 0.800 bits per heavy atom. The van der Waals surface area contributed by atoms with Crippen molar-refractivity contribution >= 4 is 10.4 Å². The van der Waals surface area contributed by atoms with Gasteiger partial charge in [-0.25, -0.2) is 0 Å². The topological polar surface area (TPSA) is 48.1 Å². The molecule has 0 aromatic carbocycles. The lowest BCUT2D eigenvalue weighted by atomic mass is 10.4. The van der Waals surface area contributed by atoms with Crippen molar-refractivity contribution in [3.63, 3.8) is 0 Å². The van der Waals surface area contributed by atoms with Crippen LogP contribution in [0, 0.1) is 0 Å². The van der Waals surface area contributed by atoms with E-state index in [1.54, 1.807) is 0 Å². The lowest BCUT2D eigenvalue weighted by molar-refractivity contribution is 0.183. The molecule has 0 heterocycles. The van der Waals surface area contributed by atoms with Gasteiger partial charge in [0.2, 0.25) is 0 Å². The predicted octanol–water partition coefficient (Wildman–Crippen LogP) is -0.533. The van der Waals surface area contributed by atoms with Gasteiger partial charge in [0.1, 0.15) is 0 Å². The minimum atomic E-state index is -0.242. The number of hydrogen-bond acceptors (Lipinski definition) is 4. The molecule has 0 spiro atoms. The standard InChI is InChI=1S/C10H28N4Si/c1-4-7-11-10(14-15,12-8-5-2)13-9-6-3/h11-14H,4-9H2,1-3,15H3. The summed E-state index contributed by atoms with van der Waals surface area (Å²) in [4.78, 5) is 3.43. The number of hydrogen-bond donors (Lipinski definition) is 4. The molecule has 92 valence electrons. The van der Waals surface area contributed by atoms with E-state index < -0.39 is 0 Å². The molecule has 0 fully saturated rings. The van der Waals surface area contributed by atoms with Crippen LogP contribution in [0.5, 0.6) is 0 Å². The molecule has 0 atom stereocenters. The van der Waals surface area contributed by atoms with Gasteiger partial charge in [-0.15, -0.1) is 0 Å². The van der Waals surface area contributed by atoms with Crippen LogP contribution in [0.15, 0.2) is 0 Å². The molecule has 0 aromatic rings. The molecule has 0 aliphatic heterocycles. The van der Waals surface area contributed by atoms with Crippen LogP contribution in [0.3, 0.4) is 0 Å². The van der Waals surface area contributed by atoms with E-state index in [1.807, 2.05) is 0 Å². The average molecular weight is 232 g/mol. The molecule has 5 heteroatoms. The largest absolute Gasteiger partial charge is 0.304 e. The summed E-state index contributed by atoms with van der Waals surface area (Å²) in [5, 5.41) is 10.5. The van der Waals surface area contributed by atoms with E-state index in [-0.39, 0.29) is 5.91 Å². The first-order valence-corrected chi connectivity index (χ1v) is 7.18. The third kappa shape index (κ3) is 6.27. The highest BCUT2D eigenvalue weighted by molar-refractivity contribution is 6.04. The Labute approximate surface area is 97.5 Å². The first-order chi connectivity index (χ1) is 7.24. The molecule has 4 nitrogen and oxygen atoms in total. The zero-order chi connectivity index (χ0) is 11.6. The summed E-state index contributed by atoms with van der Waals surface area (Å²) in [6, 6.07) is 0. The van der Waals surface area contributed by atoms with Crippen molar-refractivity contribution in [2.24, 2.45) is 0 Å². The Morgan fingerprint density at radius 3 is 1.33 bits per heavy atom. The monoisotopic (exact) mass is 232 g/mol. The van der Waals surface area contributed by atoms with Crippen molar-refractivity contribution in [2.75, 3.05) is 19.6 Å². The van der Waals surface area contributed by atoms with Crippen molar-refractivity contribution in [3.05, 3.63) is 0 Å². The molecule has 0 aliphatic rings. The minimum absolute atomic E-state index is 0.242. The maximum atomic E-state index is 3.50. The second kappa shape index (κ2) is 9.29. The lowest BCUT2D eigenvalue weighted by Gasteiger charge is -2.37. The molecule has 0 saturated carbocycles. The van der Waals surface area contributed by atoms with Gasteiger partial charge in [0.05, 0.1) is 10.4 Å². The summed E-state index contributed by atoms with van der Waals surface area (Å²) in [5.74, 6) is -0.242. The van der Waals surface area contributed by atoms with Gasteiger partial charge in [0.15, 0.2) is 5.91 Å². The van der Waals surface area contributed by atoms with E-state index >= 15 is 0 Å². The zero-order valence-corrected chi connectivity index (χ0v) is 12.7. The van der Waals surface area contributed by atoms with Crippen molar-refractivity contribution in [3.8, 4) is 0 Å². The van der Waals surface area contributed by atoms with Gasteiger partial charge in [0.25, 0.3) is 0 Å². The van der Waals surface area contributed by atoms with Crippen LogP contribution >= 0.6 is 0 Å². The summed E-state index contributed by atoms with van der Waals surface area (Å²) in [6.45, 7) is 9.60. The Balaban J connectivity index is 4.16. The first kappa shape index (κ1) is 15.1. The van der Waals surface area contributed by atoms with Crippen LogP contribution in [0.4, 0.5) is 0 Å². The molecule has 0 saturated heterocycles. The molecule has 0 radical (unpaired) electrons. The van der Waals surface area contributed by atoms with E-state index in [0.717, 1.165) is 49.3 Å². The summed E-state index contributed by atoms with van der Waals surface area (Å²) in [6.07, 6.45) is 3.44. The van der Waals surface area contributed by atoms with Gasteiger partial charge >= 0.3 is 0 Å². The molecular weight excluding hydrogens is 204 g/mol. The molecule has 0 unspecified atom stereocenters. The summed E-state index contributed by atoms with van der Waals surface area (Å²) < 4.78 is 0. The highest BCUT2D eigenvalue weighted by Crippen LogP contribution is 1.91. The van der Waals surface area contributed by atoms with Crippen LogP contribution < -0.4 is 20.9 Å². The van der Waals surface area contributed by atoms with Gasteiger partial charge in [0, 0.05) is 0 Å². The summed E-state index contributed by atoms with van der Waals surface area (Å²) >= 11 is 0. The fourth-order valence-corrected chi connectivity index (χ4v) is 1.92. The van der Waals surface area contributed by atoms with E-state index in [2.05, 4.69) is 41.7 Å².